The molecular formula is C20H19F2N. The second-order valence-electron chi connectivity index (χ2n) is 6.48. The molecule has 2 bridgehead atoms. The normalized spacial score (nSPS) is 23.8. The third kappa shape index (κ3) is 2.81. The SMILES string of the molecule is Fc1ccc(C2=CC3CCC(C2)N3Cc2ccccc2)cc1F. The number of hydrogen-bond acceptors (Lipinski definition) is 1. The maximum Gasteiger partial charge on any atom is 0.159 e. The first-order valence-electron chi connectivity index (χ1n) is 8.16. The van der Waals surface area contributed by atoms with Gasteiger partial charge in [-0.05, 0) is 48.1 Å². The first-order chi connectivity index (χ1) is 11.2. The number of halogens is 2. The average Bonchev–Trinajstić information content (AvgIpc) is 2.80. The molecule has 1 saturated heterocycles. The Bertz CT molecular complexity index is 739. The lowest BCUT2D eigenvalue weighted by molar-refractivity contribution is 0.203. The second-order valence-corrected chi connectivity index (χ2v) is 6.48. The van der Waals surface area contributed by atoms with Crippen LogP contribution in [0.2, 0.25) is 0 Å². The Hall–Kier alpha value is -2.00. The number of nitrogens with zero attached hydrogens (tertiary/aromatic N) is 1. The van der Waals surface area contributed by atoms with Gasteiger partial charge in [-0.15, -0.1) is 0 Å². The maximum atomic E-state index is 13.5. The summed E-state index contributed by atoms with van der Waals surface area (Å²) in [6.07, 6.45) is 5.47. The molecule has 2 unspecified atom stereocenters. The summed E-state index contributed by atoms with van der Waals surface area (Å²) in [6.45, 7) is 0.956. The smallest absolute Gasteiger partial charge is 0.159 e. The van der Waals surface area contributed by atoms with Crippen molar-refractivity contribution in [3.8, 4) is 0 Å². The number of rotatable bonds is 3. The summed E-state index contributed by atoms with van der Waals surface area (Å²) in [7, 11) is 0. The zero-order valence-corrected chi connectivity index (χ0v) is 12.9. The molecule has 4 rings (SSSR count). The van der Waals surface area contributed by atoms with Gasteiger partial charge >= 0.3 is 0 Å². The number of fused-ring (bicyclic) bond motifs is 2. The van der Waals surface area contributed by atoms with Crippen LogP contribution in [0, 0.1) is 11.6 Å². The molecule has 118 valence electrons. The molecule has 2 aromatic carbocycles. The Balaban J connectivity index is 1.58. The van der Waals surface area contributed by atoms with Gasteiger partial charge in [0.25, 0.3) is 0 Å². The molecule has 0 N–H and O–H groups in total. The highest BCUT2D eigenvalue weighted by Gasteiger charge is 2.36. The van der Waals surface area contributed by atoms with Crippen LogP contribution < -0.4 is 0 Å². The van der Waals surface area contributed by atoms with Gasteiger partial charge in [-0.3, -0.25) is 4.90 Å². The zero-order chi connectivity index (χ0) is 15.8. The lowest BCUT2D eigenvalue weighted by atomic mass is 9.94. The van der Waals surface area contributed by atoms with Crippen LogP contribution in [0.4, 0.5) is 8.78 Å². The fourth-order valence-electron chi connectivity index (χ4n) is 3.87. The van der Waals surface area contributed by atoms with E-state index in [1.165, 1.54) is 24.1 Å². The van der Waals surface area contributed by atoms with Gasteiger partial charge in [0.2, 0.25) is 0 Å². The van der Waals surface area contributed by atoms with Crippen LogP contribution in [0.3, 0.4) is 0 Å². The van der Waals surface area contributed by atoms with Crippen LogP contribution in [-0.4, -0.2) is 17.0 Å². The first kappa shape index (κ1) is 14.6. The molecule has 0 aliphatic carbocycles. The summed E-state index contributed by atoms with van der Waals surface area (Å²) < 4.78 is 26.6. The Morgan fingerprint density at radius 1 is 0.957 bits per heavy atom. The van der Waals surface area contributed by atoms with Gasteiger partial charge in [-0.25, -0.2) is 8.78 Å². The second kappa shape index (κ2) is 5.89. The molecule has 1 fully saturated rings. The van der Waals surface area contributed by atoms with E-state index < -0.39 is 11.6 Å². The minimum absolute atomic E-state index is 0.400. The van der Waals surface area contributed by atoms with Gasteiger partial charge in [-0.1, -0.05) is 42.5 Å². The molecule has 2 heterocycles. The van der Waals surface area contributed by atoms with E-state index in [1.807, 2.05) is 6.07 Å². The van der Waals surface area contributed by atoms with E-state index in [0.717, 1.165) is 30.5 Å². The van der Waals surface area contributed by atoms with Gasteiger partial charge in [0, 0.05) is 18.6 Å². The van der Waals surface area contributed by atoms with Crippen LogP contribution in [0.25, 0.3) is 5.57 Å². The van der Waals surface area contributed by atoms with Crippen molar-refractivity contribution in [1.29, 1.82) is 0 Å². The highest BCUT2D eigenvalue weighted by Crippen LogP contribution is 2.39. The van der Waals surface area contributed by atoms with Gasteiger partial charge in [0.05, 0.1) is 0 Å². The summed E-state index contributed by atoms with van der Waals surface area (Å²) in [5.41, 5.74) is 3.30. The third-order valence-electron chi connectivity index (χ3n) is 5.04. The number of benzene rings is 2. The van der Waals surface area contributed by atoms with E-state index in [0.29, 0.717) is 12.1 Å². The van der Waals surface area contributed by atoms with Crippen molar-refractivity contribution in [3.05, 3.63) is 77.4 Å². The Morgan fingerprint density at radius 2 is 1.78 bits per heavy atom. The molecule has 2 aliphatic rings. The highest BCUT2D eigenvalue weighted by atomic mass is 19.2. The first-order valence-corrected chi connectivity index (χ1v) is 8.16. The predicted octanol–water partition coefficient (Wildman–Crippen LogP) is 4.79. The fourth-order valence-corrected chi connectivity index (χ4v) is 3.87. The third-order valence-corrected chi connectivity index (χ3v) is 5.04. The van der Waals surface area contributed by atoms with E-state index >= 15 is 0 Å². The van der Waals surface area contributed by atoms with Crippen LogP contribution >= 0.6 is 0 Å². The van der Waals surface area contributed by atoms with E-state index in [2.05, 4.69) is 35.2 Å². The van der Waals surface area contributed by atoms with E-state index in [4.69, 9.17) is 0 Å². The lowest BCUT2D eigenvalue weighted by Crippen LogP contribution is -2.37. The molecule has 2 atom stereocenters. The predicted molar refractivity (Wildman–Crippen MR) is 87.7 cm³/mol. The van der Waals surface area contributed by atoms with Crippen molar-refractivity contribution in [2.45, 2.75) is 37.9 Å². The minimum Gasteiger partial charge on any atom is -0.289 e. The topological polar surface area (TPSA) is 3.24 Å². The van der Waals surface area contributed by atoms with Gasteiger partial charge in [-0.2, -0.15) is 0 Å². The lowest BCUT2D eigenvalue weighted by Gasteiger charge is -2.34. The van der Waals surface area contributed by atoms with E-state index in [1.54, 1.807) is 6.07 Å². The maximum absolute atomic E-state index is 13.5. The summed E-state index contributed by atoms with van der Waals surface area (Å²) in [4.78, 5) is 2.54. The van der Waals surface area contributed by atoms with Crippen LogP contribution in [0.15, 0.2) is 54.6 Å². The molecule has 23 heavy (non-hydrogen) atoms. The quantitative estimate of drug-likeness (QED) is 0.788. The molecule has 2 aliphatic heterocycles. The molecule has 1 nitrogen and oxygen atoms in total. The van der Waals surface area contributed by atoms with Crippen molar-refractivity contribution in [2.24, 2.45) is 0 Å². The molecule has 0 spiro atoms. The Morgan fingerprint density at radius 3 is 2.52 bits per heavy atom. The Kier molecular flexibility index (Phi) is 3.74. The van der Waals surface area contributed by atoms with E-state index in [9.17, 15) is 8.78 Å². The largest absolute Gasteiger partial charge is 0.289 e. The Labute approximate surface area is 135 Å². The van der Waals surface area contributed by atoms with Gasteiger partial charge in [0.1, 0.15) is 0 Å². The van der Waals surface area contributed by atoms with Gasteiger partial charge < -0.3 is 0 Å². The van der Waals surface area contributed by atoms with Crippen LogP contribution in [-0.2, 0) is 6.54 Å². The standard InChI is InChI=1S/C20H19F2N/c21-19-9-6-15(12-20(19)22)16-10-17-7-8-18(11-16)23(17)13-14-4-2-1-3-5-14/h1-6,9-10,12,17-18H,7-8,11,13H2. The van der Waals surface area contributed by atoms with Crippen molar-refractivity contribution >= 4 is 5.57 Å². The molecular weight excluding hydrogens is 292 g/mol. The van der Waals surface area contributed by atoms with Crippen molar-refractivity contribution in [1.82, 2.24) is 4.90 Å². The highest BCUT2D eigenvalue weighted by molar-refractivity contribution is 5.68. The van der Waals surface area contributed by atoms with Crippen LogP contribution in [0.5, 0.6) is 0 Å². The summed E-state index contributed by atoms with van der Waals surface area (Å²) in [5.74, 6) is -1.54. The van der Waals surface area contributed by atoms with E-state index in [-0.39, 0.29) is 0 Å². The minimum atomic E-state index is -0.779. The molecule has 3 heteroatoms. The molecule has 0 radical (unpaired) electrons. The van der Waals surface area contributed by atoms with Crippen molar-refractivity contribution in [3.63, 3.8) is 0 Å². The van der Waals surface area contributed by atoms with Crippen LogP contribution in [0.1, 0.15) is 30.4 Å². The zero-order valence-electron chi connectivity index (χ0n) is 12.9. The monoisotopic (exact) mass is 311 g/mol. The summed E-state index contributed by atoms with van der Waals surface area (Å²) in [5, 5.41) is 0. The van der Waals surface area contributed by atoms with Crippen molar-refractivity contribution in [2.75, 3.05) is 0 Å². The average molecular weight is 311 g/mol. The van der Waals surface area contributed by atoms with Gasteiger partial charge in [0.15, 0.2) is 11.6 Å². The summed E-state index contributed by atoms with van der Waals surface area (Å²) >= 11 is 0. The molecule has 2 aromatic rings. The summed E-state index contributed by atoms with van der Waals surface area (Å²) in [6, 6.07) is 15.6. The number of hydrogen-bond donors (Lipinski definition) is 0. The molecule has 0 aromatic heterocycles. The molecule has 0 saturated carbocycles. The molecule has 0 amide bonds. The fraction of sp³-hybridized carbons (Fsp3) is 0.300. The van der Waals surface area contributed by atoms with Crippen molar-refractivity contribution < 1.29 is 8.78 Å².